The van der Waals surface area contributed by atoms with E-state index in [2.05, 4.69) is 10.6 Å². The number of amides is 3. The quantitative estimate of drug-likeness (QED) is 0.584. The zero-order valence-corrected chi connectivity index (χ0v) is 18.3. The van der Waals surface area contributed by atoms with E-state index in [1.165, 1.54) is 0 Å². The summed E-state index contributed by atoms with van der Waals surface area (Å²) in [6, 6.07) is 20.9. The zero-order valence-electron chi connectivity index (χ0n) is 18.3. The standard InChI is InChI=1S/C26H27N3O4/c30-24(20-8-3-1-4-9-20)28-23(25(31)27-18-22-12-7-17-33-22)19-13-15-29(16-14-19)26(32)21-10-5-2-6-11-21/h1-12,17,19,23H,13-16,18H2,(H,27,31)(H,28,30)/t23-/m0/s1. The van der Waals surface area contributed by atoms with Crippen LogP contribution in [0.2, 0.25) is 0 Å². The normalized spacial score (nSPS) is 15.0. The molecule has 33 heavy (non-hydrogen) atoms. The first-order chi connectivity index (χ1) is 16.1. The Kier molecular flexibility index (Phi) is 7.19. The van der Waals surface area contributed by atoms with Crippen LogP contribution in [0.5, 0.6) is 0 Å². The summed E-state index contributed by atoms with van der Waals surface area (Å²) >= 11 is 0. The van der Waals surface area contributed by atoms with Crippen molar-refractivity contribution >= 4 is 17.7 Å². The van der Waals surface area contributed by atoms with Crippen molar-refractivity contribution in [2.24, 2.45) is 5.92 Å². The average molecular weight is 446 g/mol. The number of nitrogens with one attached hydrogen (secondary N) is 2. The molecule has 0 saturated carbocycles. The number of carbonyl (C=O) groups is 3. The lowest BCUT2D eigenvalue weighted by molar-refractivity contribution is -0.124. The van der Waals surface area contributed by atoms with Crippen LogP contribution in [0.15, 0.2) is 83.5 Å². The lowest BCUT2D eigenvalue weighted by Crippen LogP contribution is -2.53. The first-order valence-electron chi connectivity index (χ1n) is 11.1. The van der Waals surface area contributed by atoms with Crippen molar-refractivity contribution in [1.82, 2.24) is 15.5 Å². The van der Waals surface area contributed by atoms with Gasteiger partial charge in [0, 0.05) is 24.2 Å². The molecule has 0 bridgehead atoms. The maximum absolute atomic E-state index is 13.1. The van der Waals surface area contributed by atoms with Crippen LogP contribution in [0.1, 0.15) is 39.3 Å². The molecule has 0 radical (unpaired) electrons. The smallest absolute Gasteiger partial charge is 0.253 e. The SMILES string of the molecule is O=C(N[C@H](C(=O)NCc1ccco1)C1CCN(C(=O)c2ccccc2)CC1)c1ccccc1. The minimum absolute atomic E-state index is 0.0128. The van der Waals surface area contributed by atoms with Gasteiger partial charge in [-0.3, -0.25) is 14.4 Å². The van der Waals surface area contributed by atoms with Crippen molar-refractivity contribution in [2.45, 2.75) is 25.4 Å². The number of hydrogen-bond acceptors (Lipinski definition) is 4. The third kappa shape index (κ3) is 5.68. The molecule has 7 heteroatoms. The second kappa shape index (κ2) is 10.6. The maximum Gasteiger partial charge on any atom is 0.253 e. The molecule has 1 aliphatic heterocycles. The number of nitrogens with zero attached hydrogens (tertiary/aromatic N) is 1. The van der Waals surface area contributed by atoms with Gasteiger partial charge >= 0.3 is 0 Å². The maximum atomic E-state index is 13.1. The van der Waals surface area contributed by atoms with Crippen molar-refractivity contribution in [3.63, 3.8) is 0 Å². The van der Waals surface area contributed by atoms with Gasteiger partial charge in [-0.05, 0) is 55.2 Å². The van der Waals surface area contributed by atoms with Gasteiger partial charge in [-0.15, -0.1) is 0 Å². The highest BCUT2D eigenvalue weighted by molar-refractivity contribution is 5.97. The Morgan fingerprint density at radius 2 is 1.52 bits per heavy atom. The van der Waals surface area contributed by atoms with Crippen molar-refractivity contribution in [2.75, 3.05) is 13.1 Å². The highest BCUT2D eigenvalue weighted by Gasteiger charge is 2.34. The van der Waals surface area contributed by atoms with Gasteiger partial charge in [-0.1, -0.05) is 36.4 Å². The van der Waals surface area contributed by atoms with Crippen LogP contribution in [-0.4, -0.2) is 41.8 Å². The lowest BCUT2D eigenvalue weighted by Gasteiger charge is -2.35. The highest BCUT2D eigenvalue weighted by atomic mass is 16.3. The summed E-state index contributed by atoms with van der Waals surface area (Å²) in [5, 5.41) is 5.79. The summed E-state index contributed by atoms with van der Waals surface area (Å²) in [6.07, 6.45) is 2.79. The van der Waals surface area contributed by atoms with Gasteiger partial charge in [0.05, 0.1) is 12.8 Å². The number of hydrogen-bond donors (Lipinski definition) is 2. The Bertz CT molecular complexity index is 1060. The van der Waals surface area contributed by atoms with Crippen LogP contribution in [0, 0.1) is 5.92 Å². The molecule has 1 aliphatic rings. The third-order valence-corrected chi connectivity index (χ3v) is 5.94. The summed E-state index contributed by atoms with van der Waals surface area (Å²) in [6.45, 7) is 1.30. The molecule has 0 unspecified atom stereocenters. The van der Waals surface area contributed by atoms with Gasteiger partial charge < -0.3 is 20.0 Å². The molecule has 170 valence electrons. The first-order valence-corrected chi connectivity index (χ1v) is 11.1. The minimum Gasteiger partial charge on any atom is -0.467 e. The Balaban J connectivity index is 1.43. The zero-order chi connectivity index (χ0) is 23.0. The fourth-order valence-electron chi connectivity index (χ4n) is 4.11. The predicted molar refractivity (Wildman–Crippen MR) is 123 cm³/mol. The van der Waals surface area contributed by atoms with Crippen molar-refractivity contribution in [3.05, 3.63) is 95.9 Å². The summed E-state index contributed by atoms with van der Waals surface area (Å²) in [4.78, 5) is 40.5. The largest absolute Gasteiger partial charge is 0.467 e. The lowest BCUT2D eigenvalue weighted by atomic mass is 9.88. The second-order valence-electron chi connectivity index (χ2n) is 8.11. The van der Waals surface area contributed by atoms with Gasteiger partial charge in [-0.25, -0.2) is 0 Å². The average Bonchev–Trinajstić information content (AvgIpc) is 3.40. The fraction of sp³-hybridized carbons (Fsp3) is 0.269. The van der Waals surface area contributed by atoms with Gasteiger partial charge in [0.25, 0.3) is 11.8 Å². The van der Waals surface area contributed by atoms with Crippen LogP contribution in [-0.2, 0) is 11.3 Å². The van der Waals surface area contributed by atoms with Gasteiger partial charge in [0.1, 0.15) is 11.8 Å². The number of rotatable bonds is 7. The number of furan rings is 1. The number of likely N-dealkylation sites (tertiary alicyclic amines) is 1. The van der Waals surface area contributed by atoms with Crippen molar-refractivity contribution < 1.29 is 18.8 Å². The van der Waals surface area contributed by atoms with E-state index in [4.69, 9.17) is 4.42 Å². The number of benzene rings is 2. The summed E-state index contributed by atoms with van der Waals surface area (Å²) in [7, 11) is 0. The number of piperidine rings is 1. The number of carbonyl (C=O) groups excluding carboxylic acids is 3. The van der Waals surface area contributed by atoms with E-state index in [1.807, 2.05) is 29.2 Å². The molecule has 0 spiro atoms. The molecule has 2 heterocycles. The topological polar surface area (TPSA) is 91.7 Å². The molecule has 4 rings (SSSR count). The van der Waals surface area contributed by atoms with E-state index in [0.717, 1.165) is 0 Å². The van der Waals surface area contributed by atoms with E-state index in [-0.39, 0.29) is 30.2 Å². The molecule has 2 aromatic carbocycles. The van der Waals surface area contributed by atoms with Crippen LogP contribution >= 0.6 is 0 Å². The molecule has 1 saturated heterocycles. The van der Waals surface area contributed by atoms with Crippen LogP contribution in [0.25, 0.3) is 0 Å². The van der Waals surface area contributed by atoms with Crippen LogP contribution < -0.4 is 10.6 Å². The molecule has 1 aromatic heterocycles. The molecule has 3 amide bonds. The van der Waals surface area contributed by atoms with Gasteiger partial charge in [0.15, 0.2) is 0 Å². The Morgan fingerprint density at radius 3 is 2.12 bits per heavy atom. The van der Waals surface area contributed by atoms with Crippen molar-refractivity contribution in [3.8, 4) is 0 Å². The van der Waals surface area contributed by atoms with Crippen LogP contribution in [0.3, 0.4) is 0 Å². The summed E-state index contributed by atoms with van der Waals surface area (Å²) in [5.74, 6) is -0.0184. The Labute approximate surface area is 192 Å². The fourth-order valence-corrected chi connectivity index (χ4v) is 4.11. The summed E-state index contributed by atoms with van der Waals surface area (Å²) in [5.41, 5.74) is 1.15. The van der Waals surface area contributed by atoms with Gasteiger partial charge in [0.2, 0.25) is 5.91 Å². The molecular formula is C26H27N3O4. The Hall–Kier alpha value is -3.87. The molecule has 1 atom stereocenters. The Morgan fingerprint density at radius 1 is 0.879 bits per heavy atom. The molecule has 2 N–H and O–H groups in total. The monoisotopic (exact) mass is 445 g/mol. The minimum atomic E-state index is -0.707. The molecule has 7 nitrogen and oxygen atoms in total. The van der Waals surface area contributed by atoms with E-state index in [9.17, 15) is 14.4 Å². The third-order valence-electron chi connectivity index (χ3n) is 5.94. The van der Waals surface area contributed by atoms with E-state index in [1.54, 1.807) is 54.8 Å². The predicted octanol–water partition coefficient (Wildman–Crippen LogP) is 3.25. The second-order valence-corrected chi connectivity index (χ2v) is 8.11. The van der Waals surface area contributed by atoms with Gasteiger partial charge in [-0.2, -0.15) is 0 Å². The van der Waals surface area contributed by atoms with E-state index < -0.39 is 6.04 Å². The molecule has 1 fully saturated rings. The van der Waals surface area contributed by atoms with E-state index >= 15 is 0 Å². The van der Waals surface area contributed by atoms with Crippen molar-refractivity contribution in [1.29, 1.82) is 0 Å². The van der Waals surface area contributed by atoms with E-state index in [0.29, 0.717) is 42.8 Å². The summed E-state index contributed by atoms with van der Waals surface area (Å²) < 4.78 is 5.30. The highest BCUT2D eigenvalue weighted by Crippen LogP contribution is 2.23. The molecular weight excluding hydrogens is 418 g/mol. The first kappa shape index (κ1) is 22.3. The molecule has 3 aromatic rings. The van der Waals surface area contributed by atoms with Crippen LogP contribution in [0.4, 0.5) is 0 Å². The molecule has 0 aliphatic carbocycles.